The van der Waals surface area contributed by atoms with E-state index in [1.165, 1.54) is 16.6 Å². The highest BCUT2D eigenvalue weighted by Gasteiger charge is 2.23. The summed E-state index contributed by atoms with van der Waals surface area (Å²) in [4.78, 5) is 24.3. The maximum Gasteiger partial charge on any atom is 0.251 e. The van der Waals surface area contributed by atoms with Crippen LogP contribution in [0.5, 0.6) is 0 Å². The van der Waals surface area contributed by atoms with Gasteiger partial charge in [-0.15, -0.1) is 0 Å². The van der Waals surface area contributed by atoms with Gasteiger partial charge in [-0.25, -0.2) is 0 Å². The molecule has 0 saturated carbocycles. The first kappa shape index (κ1) is 24.7. The van der Waals surface area contributed by atoms with Crippen molar-refractivity contribution in [1.29, 1.82) is 0 Å². The Labute approximate surface area is 214 Å². The summed E-state index contributed by atoms with van der Waals surface area (Å²) in [6.07, 6.45) is 4.11. The Bertz CT molecular complexity index is 1130. The Balaban J connectivity index is 1.09. The molecule has 2 aliphatic rings. The average Bonchev–Trinajstić information content (AvgIpc) is 2.94. The van der Waals surface area contributed by atoms with Crippen molar-refractivity contribution < 1.29 is 9.53 Å². The summed E-state index contributed by atoms with van der Waals surface area (Å²) in [6, 6.07) is 19.2. The fourth-order valence-electron chi connectivity index (χ4n) is 5.35. The molecule has 1 N–H and O–H groups in total. The van der Waals surface area contributed by atoms with Crippen LogP contribution in [0, 0.1) is 0 Å². The number of nitrogens with zero attached hydrogens (tertiary/aromatic N) is 4. The van der Waals surface area contributed by atoms with Gasteiger partial charge in [0.1, 0.15) is 0 Å². The van der Waals surface area contributed by atoms with Crippen molar-refractivity contribution in [3.05, 3.63) is 71.9 Å². The Morgan fingerprint density at radius 2 is 1.81 bits per heavy atom. The van der Waals surface area contributed by atoms with E-state index in [9.17, 15) is 4.79 Å². The van der Waals surface area contributed by atoms with Gasteiger partial charge in [0.05, 0.1) is 18.7 Å². The van der Waals surface area contributed by atoms with E-state index in [1.54, 1.807) is 0 Å². The van der Waals surface area contributed by atoms with Crippen molar-refractivity contribution in [2.75, 3.05) is 64.4 Å². The van der Waals surface area contributed by atoms with Crippen LogP contribution >= 0.6 is 0 Å². The predicted molar refractivity (Wildman–Crippen MR) is 144 cm³/mol. The number of fused-ring (bicyclic) bond motifs is 1. The molecule has 3 aromatic rings. The number of anilines is 1. The van der Waals surface area contributed by atoms with E-state index < -0.39 is 0 Å². The van der Waals surface area contributed by atoms with E-state index in [2.05, 4.69) is 68.4 Å². The molecule has 2 aliphatic heterocycles. The van der Waals surface area contributed by atoms with Crippen LogP contribution in [0.15, 0.2) is 60.8 Å². The number of pyridine rings is 1. The molecule has 0 aliphatic carbocycles. The van der Waals surface area contributed by atoms with Crippen LogP contribution in [0.25, 0.3) is 10.9 Å². The fourth-order valence-corrected chi connectivity index (χ4v) is 5.35. The number of aromatic nitrogens is 1. The van der Waals surface area contributed by atoms with Gasteiger partial charge in [-0.3, -0.25) is 19.6 Å². The molecule has 1 amide bonds. The highest BCUT2D eigenvalue weighted by molar-refractivity contribution is 5.94. The maximum absolute atomic E-state index is 12.5. The summed E-state index contributed by atoms with van der Waals surface area (Å²) in [5, 5.41) is 4.29. The predicted octanol–water partition coefficient (Wildman–Crippen LogP) is 3.40. The molecule has 2 aromatic carbocycles. The van der Waals surface area contributed by atoms with E-state index in [4.69, 9.17) is 4.74 Å². The number of amides is 1. The van der Waals surface area contributed by atoms with Gasteiger partial charge in [-0.1, -0.05) is 18.2 Å². The van der Waals surface area contributed by atoms with Gasteiger partial charge in [-0.2, -0.15) is 0 Å². The van der Waals surface area contributed by atoms with Crippen LogP contribution < -0.4 is 10.2 Å². The molecule has 0 atom stereocenters. The van der Waals surface area contributed by atoms with Gasteiger partial charge >= 0.3 is 0 Å². The normalized spacial score (nSPS) is 17.6. The van der Waals surface area contributed by atoms with Crippen molar-refractivity contribution in [3.8, 4) is 0 Å². The summed E-state index contributed by atoms with van der Waals surface area (Å²) in [5.41, 5.74) is 4.32. The minimum absolute atomic E-state index is 0.00113. The molecule has 5 rings (SSSR count). The van der Waals surface area contributed by atoms with Crippen LogP contribution in [-0.4, -0.2) is 86.3 Å². The third-order valence-electron chi connectivity index (χ3n) is 7.56. The lowest BCUT2D eigenvalue weighted by Crippen LogP contribution is -2.43. The number of nitrogens with one attached hydrogen (secondary N) is 1. The summed E-state index contributed by atoms with van der Waals surface area (Å²) in [6.45, 7) is 7.97. The molecule has 0 radical (unpaired) electrons. The van der Waals surface area contributed by atoms with Gasteiger partial charge in [0.15, 0.2) is 0 Å². The molecular formula is C29H37N5O2. The molecule has 7 heteroatoms. The van der Waals surface area contributed by atoms with Crippen molar-refractivity contribution in [2.24, 2.45) is 0 Å². The second kappa shape index (κ2) is 11.8. The Hall–Kier alpha value is -3.00. The lowest BCUT2D eigenvalue weighted by Gasteiger charge is -2.38. The zero-order chi connectivity index (χ0) is 24.7. The largest absolute Gasteiger partial charge is 0.379 e. The van der Waals surface area contributed by atoms with Crippen LogP contribution in [0.3, 0.4) is 0 Å². The molecule has 190 valence electrons. The summed E-state index contributed by atoms with van der Waals surface area (Å²) in [5.74, 6) is -0.00113. The number of ether oxygens (including phenoxy) is 1. The highest BCUT2D eigenvalue weighted by Crippen LogP contribution is 2.25. The smallest absolute Gasteiger partial charge is 0.251 e. The van der Waals surface area contributed by atoms with Crippen molar-refractivity contribution in [1.82, 2.24) is 20.1 Å². The van der Waals surface area contributed by atoms with Gasteiger partial charge in [0.2, 0.25) is 0 Å². The number of benzene rings is 2. The second-order valence-electron chi connectivity index (χ2n) is 9.88. The molecule has 2 saturated heterocycles. The first-order valence-electron chi connectivity index (χ1n) is 13.1. The zero-order valence-corrected chi connectivity index (χ0v) is 21.2. The lowest BCUT2D eigenvalue weighted by atomic mass is 10.0. The molecule has 0 unspecified atom stereocenters. The molecular weight excluding hydrogens is 450 g/mol. The Kier molecular flexibility index (Phi) is 8.11. The van der Waals surface area contributed by atoms with Crippen LogP contribution in [-0.2, 0) is 11.3 Å². The fraction of sp³-hybridized carbons (Fsp3) is 0.448. The standard InChI is InChI=1S/C29H37N5O2/c1-32(22-24-4-2-6-28-27(24)5-3-13-30-28)25-11-15-34(16-12-25)26-9-7-23(8-10-26)29(35)31-14-17-33-18-20-36-21-19-33/h2-10,13,25H,11-12,14-22H2,1H3,(H,31,35). The number of piperidine rings is 1. The first-order chi connectivity index (χ1) is 17.7. The SMILES string of the molecule is CN(Cc1cccc2ncccc12)C1CCN(c2ccc(C(=O)NCCN3CCOCC3)cc2)CC1. The lowest BCUT2D eigenvalue weighted by molar-refractivity contribution is 0.0383. The topological polar surface area (TPSA) is 60.9 Å². The molecule has 0 bridgehead atoms. The van der Waals surface area contributed by atoms with Crippen molar-refractivity contribution in [3.63, 3.8) is 0 Å². The number of carbonyl (C=O) groups excluding carboxylic acids is 1. The van der Waals surface area contributed by atoms with Gasteiger partial charge < -0.3 is 15.0 Å². The van der Waals surface area contributed by atoms with Crippen LogP contribution in [0.2, 0.25) is 0 Å². The van der Waals surface area contributed by atoms with E-state index in [0.29, 0.717) is 12.6 Å². The molecule has 0 spiro atoms. The minimum Gasteiger partial charge on any atom is -0.379 e. The highest BCUT2D eigenvalue weighted by atomic mass is 16.5. The monoisotopic (exact) mass is 487 g/mol. The van der Waals surface area contributed by atoms with E-state index in [0.717, 1.165) is 76.4 Å². The molecule has 3 heterocycles. The third kappa shape index (κ3) is 6.03. The molecule has 2 fully saturated rings. The first-order valence-corrected chi connectivity index (χ1v) is 13.1. The van der Waals surface area contributed by atoms with Gasteiger partial charge in [0, 0.05) is 74.7 Å². The zero-order valence-electron chi connectivity index (χ0n) is 21.2. The number of hydrogen-bond donors (Lipinski definition) is 1. The minimum atomic E-state index is -0.00113. The number of rotatable bonds is 8. The average molecular weight is 488 g/mol. The van der Waals surface area contributed by atoms with Gasteiger partial charge in [0.25, 0.3) is 5.91 Å². The second-order valence-corrected chi connectivity index (χ2v) is 9.88. The number of carbonyl (C=O) groups is 1. The summed E-state index contributed by atoms with van der Waals surface area (Å²) in [7, 11) is 2.24. The third-order valence-corrected chi connectivity index (χ3v) is 7.56. The van der Waals surface area contributed by atoms with E-state index >= 15 is 0 Å². The Morgan fingerprint density at radius 3 is 2.58 bits per heavy atom. The van der Waals surface area contributed by atoms with E-state index in [1.807, 2.05) is 24.4 Å². The number of hydrogen-bond acceptors (Lipinski definition) is 6. The maximum atomic E-state index is 12.5. The number of morpholine rings is 1. The van der Waals surface area contributed by atoms with Crippen molar-refractivity contribution in [2.45, 2.75) is 25.4 Å². The van der Waals surface area contributed by atoms with Crippen LogP contribution in [0.4, 0.5) is 5.69 Å². The van der Waals surface area contributed by atoms with Gasteiger partial charge in [-0.05, 0) is 61.9 Å². The summed E-state index contributed by atoms with van der Waals surface area (Å²) >= 11 is 0. The quantitative estimate of drug-likeness (QED) is 0.526. The Morgan fingerprint density at radius 1 is 1.03 bits per heavy atom. The summed E-state index contributed by atoms with van der Waals surface area (Å²) < 4.78 is 5.38. The van der Waals surface area contributed by atoms with Crippen LogP contribution in [0.1, 0.15) is 28.8 Å². The van der Waals surface area contributed by atoms with Crippen molar-refractivity contribution >= 4 is 22.5 Å². The molecule has 7 nitrogen and oxygen atoms in total. The van der Waals surface area contributed by atoms with E-state index in [-0.39, 0.29) is 5.91 Å². The molecule has 1 aromatic heterocycles. The molecule has 36 heavy (non-hydrogen) atoms.